The van der Waals surface area contributed by atoms with Crippen LogP contribution in [0.25, 0.3) is 0 Å². The molecule has 0 bridgehead atoms. The molecule has 0 aromatic carbocycles. The number of esters is 2. The van der Waals surface area contributed by atoms with Gasteiger partial charge in [-0.05, 0) is 97.5 Å². The molecular formula is C36H53O10P. The van der Waals surface area contributed by atoms with Crippen LogP contribution < -0.4 is 0 Å². The van der Waals surface area contributed by atoms with Crippen molar-refractivity contribution in [2.45, 2.75) is 106 Å². The summed E-state index contributed by atoms with van der Waals surface area (Å²) in [5.41, 5.74) is -0.653. The lowest BCUT2D eigenvalue weighted by molar-refractivity contribution is -0.173. The number of rotatable bonds is 13. The Balaban J connectivity index is 1.47. The van der Waals surface area contributed by atoms with Crippen LogP contribution in [0.5, 0.6) is 0 Å². The number of fused-ring (bicyclic) bond motifs is 2. The number of carbonyl (C=O) groups is 4. The topological polar surface area (TPSA) is 132 Å². The summed E-state index contributed by atoms with van der Waals surface area (Å²) in [6, 6.07) is 0. The van der Waals surface area contributed by atoms with Crippen LogP contribution in [-0.2, 0) is 46.8 Å². The van der Waals surface area contributed by atoms with Crippen molar-refractivity contribution in [3.63, 3.8) is 0 Å². The lowest BCUT2D eigenvalue weighted by Crippen LogP contribution is -2.57. The van der Waals surface area contributed by atoms with Gasteiger partial charge in [-0.25, -0.2) is 4.57 Å². The molecular weight excluding hydrogens is 623 g/mol. The van der Waals surface area contributed by atoms with Crippen molar-refractivity contribution in [1.82, 2.24) is 0 Å². The normalized spacial score (nSPS) is 39.8. The van der Waals surface area contributed by atoms with E-state index in [-0.39, 0.29) is 59.3 Å². The number of carbonyl (C=O) groups excluding carboxylic acids is 4. The van der Waals surface area contributed by atoms with Crippen LogP contribution in [0.4, 0.5) is 0 Å². The Morgan fingerprint density at radius 3 is 2.28 bits per heavy atom. The monoisotopic (exact) mass is 676 g/mol. The molecule has 4 saturated carbocycles. The molecule has 1 unspecified atom stereocenters. The predicted octanol–water partition coefficient (Wildman–Crippen LogP) is 6.81. The smallest absolute Gasteiger partial charge is 0.462 e. The van der Waals surface area contributed by atoms with Gasteiger partial charge in [0.2, 0.25) is 0 Å². The number of allylic oxidation sites excluding steroid dienone is 2. The second-order valence-corrected chi connectivity index (χ2v) is 16.9. The summed E-state index contributed by atoms with van der Waals surface area (Å²) in [4.78, 5) is 52.3. The van der Waals surface area contributed by atoms with Crippen molar-refractivity contribution in [3.05, 3.63) is 24.3 Å². The summed E-state index contributed by atoms with van der Waals surface area (Å²) >= 11 is 0. The molecule has 11 heteroatoms. The first kappa shape index (κ1) is 36.2. The molecule has 5 rings (SSSR count). The Labute approximate surface area is 279 Å². The molecule has 0 radical (unpaired) electrons. The maximum atomic E-state index is 14.4. The molecule has 0 heterocycles. The third-order valence-electron chi connectivity index (χ3n) is 13.2. The van der Waals surface area contributed by atoms with Crippen LogP contribution in [0, 0.1) is 51.2 Å². The molecule has 0 amide bonds. The first-order valence-corrected chi connectivity index (χ1v) is 18.8. The van der Waals surface area contributed by atoms with E-state index in [1.165, 1.54) is 13.8 Å². The van der Waals surface area contributed by atoms with Gasteiger partial charge in [0.05, 0.1) is 19.8 Å². The van der Waals surface area contributed by atoms with Gasteiger partial charge in [-0.2, -0.15) is 0 Å². The van der Waals surface area contributed by atoms with Gasteiger partial charge >= 0.3 is 19.8 Å². The van der Waals surface area contributed by atoms with E-state index in [1.54, 1.807) is 26.8 Å². The second-order valence-electron chi connectivity index (χ2n) is 15.2. The second kappa shape index (κ2) is 12.6. The third kappa shape index (κ3) is 5.63. The number of hydrogen-bond donors (Lipinski definition) is 0. The lowest BCUT2D eigenvalue weighted by Gasteiger charge is -2.60. The molecule has 0 N–H and O–H groups in total. The van der Waals surface area contributed by atoms with Crippen LogP contribution in [0.1, 0.15) is 93.9 Å². The number of Topliss-reactive ketones (excluding diaryl/α,β-unsaturated/α-hetero) is 1. The van der Waals surface area contributed by atoms with E-state index in [0.29, 0.717) is 12.3 Å². The highest BCUT2D eigenvalue weighted by Crippen LogP contribution is 2.87. The maximum absolute atomic E-state index is 14.4. The van der Waals surface area contributed by atoms with E-state index in [1.807, 2.05) is 0 Å². The highest BCUT2D eigenvalue weighted by atomic mass is 31.2. The highest BCUT2D eigenvalue weighted by Gasteiger charge is 2.82. The Kier molecular flexibility index (Phi) is 9.72. The highest BCUT2D eigenvalue weighted by molar-refractivity contribution is 7.48. The van der Waals surface area contributed by atoms with E-state index in [2.05, 4.69) is 33.4 Å². The van der Waals surface area contributed by atoms with Crippen LogP contribution >= 0.6 is 7.82 Å². The number of phosphoric ester groups is 1. The molecule has 0 aliphatic heterocycles. The summed E-state index contributed by atoms with van der Waals surface area (Å²) in [5, 5.41) is 0. The number of ether oxygens (including phenoxy) is 2. The Bertz CT molecular complexity index is 1400. The van der Waals surface area contributed by atoms with Gasteiger partial charge in [0, 0.05) is 31.6 Å². The van der Waals surface area contributed by atoms with E-state index in [4.69, 9.17) is 23.0 Å². The molecule has 5 aliphatic rings. The van der Waals surface area contributed by atoms with Crippen molar-refractivity contribution < 1.29 is 46.8 Å². The molecule has 47 heavy (non-hydrogen) atoms. The minimum atomic E-state index is -3.83. The van der Waals surface area contributed by atoms with Crippen LogP contribution in [0.15, 0.2) is 24.3 Å². The van der Waals surface area contributed by atoms with Crippen molar-refractivity contribution in [2.24, 2.45) is 51.2 Å². The van der Waals surface area contributed by atoms with Gasteiger partial charge in [0.25, 0.3) is 0 Å². The fraction of sp³-hybridized carbons (Fsp3) is 0.778. The van der Waals surface area contributed by atoms with Gasteiger partial charge in [0.15, 0.2) is 17.7 Å². The third-order valence-corrected chi connectivity index (χ3v) is 14.8. The summed E-state index contributed by atoms with van der Waals surface area (Å²) in [5.74, 6) is -1.93. The minimum Gasteiger partial charge on any atom is -0.462 e. The Morgan fingerprint density at radius 2 is 1.68 bits per heavy atom. The van der Waals surface area contributed by atoms with Crippen molar-refractivity contribution >= 4 is 31.3 Å². The molecule has 2 spiro atoms. The maximum Gasteiger partial charge on any atom is 0.474 e. The zero-order valence-corrected chi connectivity index (χ0v) is 30.2. The number of ketones is 2. The average molecular weight is 677 g/mol. The first-order valence-electron chi connectivity index (χ1n) is 17.3. The first-order chi connectivity index (χ1) is 22.0. The zero-order chi connectivity index (χ0) is 34.7. The summed E-state index contributed by atoms with van der Waals surface area (Å²) in [6.45, 7) is 18.4. The zero-order valence-electron chi connectivity index (χ0n) is 29.3. The molecule has 5 aliphatic carbocycles. The molecule has 0 saturated heterocycles. The molecule has 10 nitrogen and oxygen atoms in total. The Hall–Kier alpha value is -2.13. The van der Waals surface area contributed by atoms with Crippen molar-refractivity contribution in [1.29, 1.82) is 0 Å². The van der Waals surface area contributed by atoms with Gasteiger partial charge in [0.1, 0.15) is 6.10 Å². The van der Waals surface area contributed by atoms with Gasteiger partial charge in [-0.15, -0.1) is 0 Å². The number of hydrogen-bond acceptors (Lipinski definition) is 10. The van der Waals surface area contributed by atoms with Crippen molar-refractivity contribution in [2.75, 3.05) is 19.8 Å². The minimum absolute atomic E-state index is 0.000160. The number of phosphoric acid groups is 1. The Morgan fingerprint density at radius 1 is 1.02 bits per heavy atom. The fourth-order valence-electron chi connectivity index (χ4n) is 10.9. The van der Waals surface area contributed by atoms with E-state index in [0.717, 1.165) is 32.1 Å². The standard InChI is InChI=1S/C36H53O10P/c1-10-42-47(41,43-11-2)44-19-21(3)22(4)31(40)32(46-25(7)38)30-28(45-24(6)37)18-34(9)29-13-12-26-23(5)27(39)14-15-35(26)20-36(29,35)17-16-33(30,34)8/h14-15,21,23,26,28-30,32H,4,10-13,16-20H2,1-3,5-9H3/t21-,23-,26-,28-,29-,30?,32+,33+,34-,35+,36-/m0/s1. The van der Waals surface area contributed by atoms with Crippen molar-refractivity contribution in [3.8, 4) is 0 Å². The largest absolute Gasteiger partial charge is 0.474 e. The van der Waals surface area contributed by atoms with Crippen LogP contribution in [-0.4, -0.2) is 55.5 Å². The van der Waals surface area contributed by atoms with E-state index < -0.39 is 55.0 Å². The van der Waals surface area contributed by atoms with E-state index >= 15 is 0 Å². The van der Waals surface area contributed by atoms with Gasteiger partial charge in [-0.3, -0.25) is 32.7 Å². The quantitative estimate of drug-likeness (QED) is 0.116. The SMILES string of the molecule is C=C(C(=O)[C@H](OC(C)=O)C1[C@@H](OC(C)=O)C[C@@]2(C)[C@@H]3CC[C@H]4[C@H](C)C(=O)C=C[C@@]45C[C@@]35CC[C@]12C)[C@@H](C)COP(=O)(OCC)OCC. The summed E-state index contributed by atoms with van der Waals surface area (Å²) < 4.78 is 40.9. The van der Waals surface area contributed by atoms with Crippen LogP contribution in [0.3, 0.4) is 0 Å². The lowest BCUT2D eigenvalue weighted by atomic mass is 9.43. The molecule has 11 atom stereocenters. The summed E-state index contributed by atoms with van der Waals surface area (Å²) in [7, 11) is -3.83. The molecule has 0 aromatic heterocycles. The fourth-order valence-corrected chi connectivity index (χ4v) is 12.1. The van der Waals surface area contributed by atoms with E-state index in [9.17, 15) is 23.7 Å². The molecule has 262 valence electrons. The average Bonchev–Trinajstić information content (AvgIpc) is 3.60. The van der Waals surface area contributed by atoms with Crippen LogP contribution in [0.2, 0.25) is 0 Å². The predicted molar refractivity (Wildman–Crippen MR) is 174 cm³/mol. The van der Waals surface area contributed by atoms with Gasteiger partial charge < -0.3 is 9.47 Å². The molecule has 4 fully saturated rings. The van der Waals surface area contributed by atoms with Gasteiger partial charge in [-0.1, -0.05) is 40.3 Å². The summed E-state index contributed by atoms with van der Waals surface area (Å²) in [6.07, 6.45) is 7.30. The molecule has 0 aromatic rings.